The molecule has 4 nitrogen and oxygen atoms in total. The average Bonchev–Trinajstić information content (AvgIpc) is 2.81. The Morgan fingerprint density at radius 1 is 1.44 bits per heavy atom. The molecule has 1 aliphatic rings. The lowest BCUT2D eigenvalue weighted by molar-refractivity contribution is 0.209. The molecule has 0 aromatic carbocycles. The smallest absolute Gasteiger partial charge is 0.0532 e. The molecule has 1 saturated heterocycles. The second kappa shape index (κ2) is 6.01. The van der Waals surface area contributed by atoms with Crippen LogP contribution < -0.4 is 5.32 Å². The molecule has 0 radical (unpaired) electrons. The Bertz CT molecular complexity index is 277. The van der Waals surface area contributed by atoms with Crippen molar-refractivity contribution in [2.24, 2.45) is 0 Å². The minimum atomic E-state index is 0.549. The minimum absolute atomic E-state index is 0.549. The van der Waals surface area contributed by atoms with E-state index in [-0.39, 0.29) is 0 Å². The lowest BCUT2D eigenvalue weighted by atomic mass is 10.1. The van der Waals surface area contributed by atoms with E-state index in [1.54, 1.807) is 0 Å². The van der Waals surface area contributed by atoms with Crippen LogP contribution in [0, 0.1) is 0 Å². The molecule has 16 heavy (non-hydrogen) atoms. The van der Waals surface area contributed by atoms with Crippen LogP contribution in [-0.4, -0.2) is 40.8 Å². The third kappa shape index (κ3) is 3.61. The highest BCUT2D eigenvalue weighted by Gasteiger charge is 2.12. The predicted molar refractivity (Wildman–Crippen MR) is 65.2 cm³/mol. The van der Waals surface area contributed by atoms with Crippen molar-refractivity contribution in [1.82, 2.24) is 20.4 Å². The number of hydrogen-bond acceptors (Lipinski definition) is 3. The van der Waals surface area contributed by atoms with Crippen molar-refractivity contribution in [3.05, 3.63) is 18.0 Å². The van der Waals surface area contributed by atoms with Crippen LogP contribution >= 0.6 is 0 Å². The lowest BCUT2D eigenvalue weighted by Gasteiger charge is -2.29. The van der Waals surface area contributed by atoms with E-state index in [0.717, 1.165) is 13.1 Å². The lowest BCUT2D eigenvalue weighted by Crippen LogP contribution is -2.41. The summed E-state index contributed by atoms with van der Waals surface area (Å²) in [6.45, 7) is 6.88. The van der Waals surface area contributed by atoms with Gasteiger partial charge < -0.3 is 10.2 Å². The number of hydrogen-bond donors (Lipinski definition) is 2. The summed E-state index contributed by atoms with van der Waals surface area (Å²) in [6, 6.07) is 0.549. The fourth-order valence-corrected chi connectivity index (χ4v) is 2.26. The summed E-state index contributed by atoms with van der Waals surface area (Å²) >= 11 is 0. The van der Waals surface area contributed by atoms with Crippen molar-refractivity contribution in [3.8, 4) is 0 Å². The Morgan fingerprint density at radius 3 is 2.94 bits per heavy atom. The van der Waals surface area contributed by atoms with Gasteiger partial charge in [0.25, 0.3) is 0 Å². The van der Waals surface area contributed by atoms with Crippen LogP contribution in [0.5, 0.6) is 0 Å². The molecule has 1 unspecified atom stereocenters. The van der Waals surface area contributed by atoms with Gasteiger partial charge in [0.2, 0.25) is 0 Å². The summed E-state index contributed by atoms with van der Waals surface area (Å²) in [5.41, 5.74) is 1.23. The largest absolute Gasteiger partial charge is 0.309 e. The summed E-state index contributed by atoms with van der Waals surface area (Å²) in [6.07, 6.45) is 7.97. The molecule has 0 aliphatic carbocycles. The van der Waals surface area contributed by atoms with Crippen LogP contribution in [0.3, 0.4) is 0 Å². The van der Waals surface area contributed by atoms with E-state index in [1.807, 2.05) is 12.4 Å². The van der Waals surface area contributed by atoms with E-state index < -0.39 is 0 Å². The van der Waals surface area contributed by atoms with Crippen molar-refractivity contribution < 1.29 is 0 Å². The topological polar surface area (TPSA) is 44.0 Å². The molecule has 2 rings (SSSR count). The van der Waals surface area contributed by atoms with Crippen molar-refractivity contribution in [1.29, 1.82) is 0 Å². The summed E-state index contributed by atoms with van der Waals surface area (Å²) in [7, 11) is 0. The molecule has 4 heteroatoms. The quantitative estimate of drug-likeness (QED) is 0.791. The predicted octanol–water partition coefficient (Wildman–Crippen LogP) is 1.37. The van der Waals surface area contributed by atoms with Gasteiger partial charge in [-0.2, -0.15) is 5.10 Å². The van der Waals surface area contributed by atoms with Crippen molar-refractivity contribution in [2.75, 3.05) is 19.6 Å². The minimum Gasteiger partial charge on any atom is -0.309 e. The van der Waals surface area contributed by atoms with Gasteiger partial charge in [0.15, 0.2) is 0 Å². The zero-order chi connectivity index (χ0) is 11.2. The highest BCUT2D eigenvalue weighted by Crippen LogP contribution is 2.08. The van der Waals surface area contributed by atoms with Gasteiger partial charge in [-0.25, -0.2) is 0 Å². The maximum Gasteiger partial charge on any atom is 0.0532 e. The first-order valence-corrected chi connectivity index (χ1v) is 6.28. The van der Waals surface area contributed by atoms with Gasteiger partial charge in [-0.3, -0.25) is 5.10 Å². The normalized spacial score (nSPS) is 19.8. The fourth-order valence-electron chi connectivity index (χ4n) is 2.26. The Hall–Kier alpha value is -0.870. The number of aromatic amines is 1. The first-order chi connectivity index (χ1) is 7.84. The van der Waals surface area contributed by atoms with Crippen molar-refractivity contribution in [3.63, 3.8) is 0 Å². The molecule has 0 amide bonds. The highest BCUT2D eigenvalue weighted by molar-refractivity contribution is 5.01. The SMILES string of the molecule is CC(CN1CCCCC1)NCc1cn[nH]c1. The van der Waals surface area contributed by atoms with E-state index in [2.05, 4.69) is 27.3 Å². The number of rotatable bonds is 5. The first kappa shape index (κ1) is 11.6. The van der Waals surface area contributed by atoms with Crippen molar-refractivity contribution in [2.45, 2.75) is 38.8 Å². The maximum absolute atomic E-state index is 3.94. The van der Waals surface area contributed by atoms with E-state index >= 15 is 0 Å². The second-order valence-electron chi connectivity index (χ2n) is 4.75. The zero-order valence-electron chi connectivity index (χ0n) is 10.1. The van der Waals surface area contributed by atoms with Gasteiger partial charge in [0.1, 0.15) is 0 Å². The van der Waals surface area contributed by atoms with E-state index in [0.29, 0.717) is 6.04 Å². The van der Waals surface area contributed by atoms with E-state index in [1.165, 1.54) is 37.9 Å². The second-order valence-corrected chi connectivity index (χ2v) is 4.75. The molecule has 1 aliphatic heterocycles. The summed E-state index contributed by atoms with van der Waals surface area (Å²) in [4.78, 5) is 2.57. The van der Waals surface area contributed by atoms with Crippen molar-refractivity contribution >= 4 is 0 Å². The Morgan fingerprint density at radius 2 is 2.25 bits per heavy atom. The number of nitrogens with one attached hydrogen (secondary N) is 2. The molecular formula is C12H22N4. The van der Waals surface area contributed by atoms with Gasteiger partial charge in [-0.15, -0.1) is 0 Å². The van der Waals surface area contributed by atoms with Crippen LogP contribution in [0.1, 0.15) is 31.7 Å². The molecule has 1 atom stereocenters. The van der Waals surface area contributed by atoms with Crippen LogP contribution in [0.4, 0.5) is 0 Å². The Balaban J connectivity index is 1.65. The molecule has 90 valence electrons. The monoisotopic (exact) mass is 222 g/mol. The van der Waals surface area contributed by atoms with Gasteiger partial charge in [0, 0.05) is 30.9 Å². The van der Waals surface area contributed by atoms with E-state index in [9.17, 15) is 0 Å². The first-order valence-electron chi connectivity index (χ1n) is 6.28. The summed E-state index contributed by atoms with van der Waals surface area (Å²) < 4.78 is 0. The molecule has 0 saturated carbocycles. The number of nitrogens with zero attached hydrogens (tertiary/aromatic N) is 2. The standard InChI is InChI=1S/C12H22N4/c1-11(10-16-5-3-2-4-6-16)13-7-12-8-14-15-9-12/h8-9,11,13H,2-7,10H2,1H3,(H,14,15). The van der Waals surface area contributed by atoms with Gasteiger partial charge in [0.05, 0.1) is 6.20 Å². The number of aromatic nitrogens is 2. The van der Waals surface area contributed by atoms with Gasteiger partial charge in [-0.1, -0.05) is 6.42 Å². The maximum atomic E-state index is 3.94. The van der Waals surface area contributed by atoms with E-state index in [4.69, 9.17) is 0 Å². The molecule has 1 aromatic rings. The molecular weight excluding hydrogens is 200 g/mol. The van der Waals surface area contributed by atoms with Gasteiger partial charge in [-0.05, 0) is 32.9 Å². The number of piperidine rings is 1. The zero-order valence-corrected chi connectivity index (χ0v) is 10.1. The van der Waals surface area contributed by atoms with Crippen LogP contribution in [0.2, 0.25) is 0 Å². The third-order valence-electron chi connectivity index (χ3n) is 3.19. The highest BCUT2D eigenvalue weighted by atomic mass is 15.2. The average molecular weight is 222 g/mol. The molecule has 1 fully saturated rings. The Labute approximate surface area is 97.4 Å². The molecule has 0 bridgehead atoms. The van der Waals surface area contributed by atoms with Gasteiger partial charge >= 0.3 is 0 Å². The number of H-pyrrole nitrogens is 1. The molecule has 0 spiro atoms. The number of likely N-dealkylation sites (tertiary alicyclic amines) is 1. The fraction of sp³-hybridized carbons (Fsp3) is 0.750. The molecule has 1 aromatic heterocycles. The molecule has 2 heterocycles. The van der Waals surface area contributed by atoms with Crippen LogP contribution in [0.15, 0.2) is 12.4 Å². The summed E-state index contributed by atoms with van der Waals surface area (Å²) in [5.74, 6) is 0. The summed E-state index contributed by atoms with van der Waals surface area (Å²) in [5, 5.41) is 10.3. The third-order valence-corrected chi connectivity index (χ3v) is 3.19. The molecule has 2 N–H and O–H groups in total. The Kier molecular flexibility index (Phi) is 4.36. The van der Waals surface area contributed by atoms with Crippen LogP contribution in [-0.2, 0) is 6.54 Å². The van der Waals surface area contributed by atoms with Crippen LogP contribution in [0.25, 0.3) is 0 Å².